The minimum Gasteiger partial charge on any atom is -0.355 e. The minimum absolute atomic E-state index is 0.851. The van der Waals surface area contributed by atoms with Gasteiger partial charge in [-0.2, -0.15) is 0 Å². The molecule has 0 N–H and O–H groups in total. The molecule has 1 heterocycles. The highest BCUT2D eigenvalue weighted by molar-refractivity contribution is 9.07. The summed E-state index contributed by atoms with van der Waals surface area (Å²) >= 11 is 3.38. The van der Waals surface area contributed by atoms with E-state index in [1.54, 1.807) is 0 Å². The summed E-state index contributed by atoms with van der Waals surface area (Å²) in [5.74, 6) is 0. The molecule has 0 saturated heterocycles. The van der Waals surface area contributed by atoms with Gasteiger partial charge in [0, 0.05) is 18.4 Å². The standard InChI is InChI=1S/C6H9BrN2/c7-9-4-3-8(5-9)6-1-2-6/h3-4,6H,1-2,5H2. The van der Waals surface area contributed by atoms with Crippen molar-refractivity contribution >= 4 is 16.1 Å². The van der Waals surface area contributed by atoms with E-state index in [2.05, 4.69) is 33.4 Å². The van der Waals surface area contributed by atoms with Gasteiger partial charge in [0.25, 0.3) is 0 Å². The maximum atomic E-state index is 3.38. The maximum absolute atomic E-state index is 3.38. The first kappa shape index (κ1) is 5.59. The first-order chi connectivity index (χ1) is 4.36. The summed E-state index contributed by atoms with van der Waals surface area (Å²) in [6.07, 6.45) is 6.96. The van der Waals surface area contributed by atoms with Crippen LogP contribution in [0, 0.1) is 0 Å². The maximum Gasteiger partial charge on any atom is 0.100 e. The van der Waals surface area contributed by atoms with E-state index in [9.17, 15) is 0 Å². The van der Waals surface area contributed by atoms with Gasteiger partial charge in [0.15, 0.2) is 0 Å². The predicted molar refractivity (Wildman–Crippen MR) is 39.6 cm³/mol. The molecule has 3 heteroatoms. The van der Waals surface area contributed by atoms with E-state index in [1.165, 1.54) is 12.8 Å². The molecule has 0 radical (unpaired) electrons. The van der Waals surface area contributed by atoms with Gasteiger partial charge < -0.3 is 4.90 Å². The third kappa shape index (κ3) is 1.06. The van der Waals surface area contributed by atoms with Crippen LogP contribution in [0.2, 0.25) is 0 Å². The molecule has 1 aliphatic heterocycles. The number of nitrogens with zero attached hydrogens (tertiary/aromatic N) is 2. The average molecular weight is 189 g/mol. The third-order valence-electron chi connectivity index (χ3n) is 1.73. The fourth-order valence-corrected chi connectivity index (χ4v) is 1.42. The van der Waals surface area contributed by atoms with Gasteiger partial charge in [-0.15, -0.1) is 0 Å². The van der Waals surface area contributed by atoms with Crippen molar-refractivity contribution in [1.29, 1.82) is 0 Å². The summed E-state index contributed by atoms with van der Waals surface area (Å²) < 4.78 is 2.02. The van der Waals surface area contributed by atoms with Crippen molar-refractivity contribution in [1.82, 2.24) is 8.83 Å². The van der Waals surface area contributed by atoms with Crippen molar-refractivity contribution in [2.24, 2.45) is 0 Å². The molecule has 1 fully saturated rings. The van der Waals surface area contributed by atoms with E-state index in [0.717, 1.165) is 12.7 Å². The number of hydrogen-bond acceptors (Lipinski definition) is 2. The molecule has 0 amide bonds. The molecule has 2 aliphatic rings. The second-order valence-corrected chi connectivity index (χ2v) is 3.50. The smallest absolute Gasteiger partial charge is 0.100 e. The van der Waals surface area contributed by atoms with Gasteiger partial charge in [0.05, 0.1) is 16.1 Å². The molecule has 0 atom stereocenters. The van der Waals surface area contributed by atoms with Gasteiger partial charge in [0.1, 0.15) is 6.67 Å². The molecule has 1 aliphatic carbocycles. The minimum atomic E-state index is 0.851. The summed E-state index contributed by atoms with van der Waals surface area (Å²) in [5.41, 5.74) is 0. The van der Waals surface area contributed by atoms with Crippen LogP contribution in [-0.2, 0) is 0 Å². The van der Waals surface area contributed by atoms with Crippen molar-refractivity contribution in [3.8, 4) is 0 Å². The molecule has 2 nitrogen and oxygen atoms in total. The van der Waals surface area contributed by atoms with Gasteiger partial charge in [-0.3, -0.25) is 3.93 Å². The van der Waals surface area contributed by atoms with Crippen LogP contribution in [0.1, 0.15) is 12.8 Å². The van der Waals surface area contributed by atoms with Crippen molar-refractivity contribution in [2.75, 3.05) is 6.67 Å². The number of halogens is 1. The molecule has 2 rings (SSSR count). The van der Waals surface area contributed by atoms with E-state index in [-0.39, 0.29) is 0 Å². The molecule has 50 valence electrons. The van der Waals surface area contributed by atoms with E-state index < -0.39 is 0 Å². The zero-order valence-corrected chi connectivity index (χ0v) is 6.71. The molecular weight excluding hydrogens is 180 g/mol. The predicted octanol–water partition coefficient (Wildman–Crippen LogP) is 1.51. The molecule has 0 spiro atoms. The van der Waals surface area contributed by atoms with Gasteiger partial charge >= 0.3 is 0 Å². The van der Waals surface area contributed by atoms with Gasteiger partial charge in [-0.25, -0.2) is 0 Å². The quantitative estimate of drug-likeness (QED) is 0.577. The highest BCUT2D eigenvalue weighted by Gasteiger charge is 2.29. The lowest BCUT2D eigenvalue weighted by Crippen LogP contribution is -2.21. The second kappa shape index (κ2) is 1.90. The SMILES string of the molecule is BrN1C=CN(C2CC2)C1. The van der Waals surface area contributed by atoms with Crippen LogP contribution in [0.3, 0.4) is 0 Å². The molecule has 0 unspecified atom stereocenters. The Kier molecular flexibility index (Phi) is 1.18. The Morgan fingerprint density at radius 2 is 2.11 bits per heavy atom. The fourth-order valence-electron chi connectivity index (χ4n) is 1.05. The Morgan fingerprint density at radius 3 is 2.56 bits per heavy atom. The molecule has 0 aromatic heterocycles. The molecule has 9 heavy (non-hydrogen) atoms. The fraction of sp³-hybridized carbons (Fsp3) is 0.667. The van der Waals surface area contributed by atoms with Crippen LogP contribution in [0.4, 0.5) is 0 Å². The van der Waals surface area contributed by atoms with Crippen molar-refractivity contribution in [3.63, 3.8) is 0 Å². The third-order valence-corrected chi connectivity index (χ3v) is 2.19. The lowest BCUT2D eigenvalue weighted by Gasteiger charge is -2.14. The zero-order chi connectivity index (χ0) is 6.27. The van der Waals surface area contributed by atoms with Gasteiger partial charge in [0.2, 0.25) is 0 Å². The highest BCUT2D eigenvalue weighted by Crippen LogP contribution is 2.29. The van der Waals surface area contributed by atoms with E-state index >= 15 is 0 Å². The largest absolute Gasteiger partial charge is 0.355 e. The Hall–Kier alpha value is -0.180. The first-order valence-corrected chi connectivity index (χ1v) is 3.94. The van der Waals surface area contributed by atoms with E-state index in [0.29, 0.717) is 0 Å². The summed E-state index contributed by atoms with van der Waals surface area (Å²) in [4.78, 5) is 2.36. The monoisotopic (exact) mass is 188 g/mol. The average Bonchev–Trinajstić information content (AvgIpc) is 2.58. The Labute approximate surface area is 63.5 Å². The van der Waals surface area contributed by atoms with Crippen molar-refractivity contribution in [3.05, 3.63) is 12.4 Å². The Morgan fingerprint density at radius 1 is 1.33 bits per heavy atom. The lowest BCUT2D eigenvalue weighted by molar-refractivity contribution is 0.342. The molecule has 0 aromatic rings. The van der Waals surface area contributed by atoms with Crippen LogP contribution in [0.15, 0.2) is 12.4 Å². The van der Waals surface area contributed by atoms with Crippen LogP contribution in [-0.4, -0.2) is 21.5 Å². The number of rotatable bonds is 1. The molecule has 0 bridgehead atoms. The molecule has 0 aromatic carbocycles. The first-order valence-electron chi connectivity index (χ1n) is 3.23. The topological polar surface area (TPSA) is 6.48 Å². The Bertz CT molecular complexity index is 142. The summed E-state index contributed by atoms with van der Waals surface area (Å²) in [6, 6.07) is 0.851. The van der Waals surface area contributed by atoms with Crippen LogP contribution in [0.5, 0.6) is 0 Å². The molecule has 1 saturated carbocycles. The molecular formula is C6H9BrN2. The summed E-state index contributed by atoms with van der Waals surface area (Å²) in [6.45, 7) is 1.02. The summed E-state index contributed by atoms with van der Waals surface area (Å²) in [5, 5.41) is 0. The van der Waals surface area contributed by atoms with Crippen molar-refractivity contribution in [2.45, 2.75) is 18.9 Å². The normalized spacial score (nSPS) is 25.9. The van der Waals surface area contributed by atoms with Crippen LogP contribution < -0.4 is 0 Å². The lowest BCUT2D eigenvalue weighted by atomic mass is 10.6. The van der Waals surface area contributed by atoms with E-state index in [1.807, 2.05) is 3.93 Å². The number of hydrogen-bond donors (Lipinski definition) is 0. The summed E-state index contributed by atoms with van der Waals surface area (Å²) in [7, 11) is 0. The van der Waals surface area contributed by atoms with Gasteiger partial charge in [-0.1, -0.05) is 0 Å². The second-order valence-electron chi connectivity index (χ2n) is 2.58. The van der Waals surface area contributed by atoms with E-state index in [4.69, 9.17) is 0 Å². The van der Waals surface area contributed by atoms with Crippen LogP contribution >= 0.6 is 16.1 Å². The zero-order valence-electron chi connectivity index (χ0n) is 5.13. The van der Waals surface area contributed by atoms with Gasteiger partial charge in [-0.05, 0) is 12.8 Å². The van der Waals surface area contributed by atoms with Crippen LogP contribution in [0.25, 0.3) is 0 Å². The van der Waals surface area contributed by atoms with Crippen molar-refractivity contribution < 1.29 is 0 Å². The highest BCUT2D eigenvalue weighted by atomic mass is 79.9. The Balaban J connectivity index is 1.94.